The summed E-state index contributed by atoms with van der Waals surface area (Å²) >= 11 is 0. The fraction of sp³-hybridized carbons (Fsp3) is 0.300. The van der Waals surface area contributed by atoms with Crippen LogP contribution in [0, 0.1) is 5.82 Å². The van der Waals surface area contributed by atoms with Gasteiger partial charge in [0.05, 0.1) is 12.1 Å². The topological polar surface area (TPSA) is 49.4 Å². The number of Topliss-reactive ketones (excluding diaryl/α,β-unsaturated/α-hetero) is 1. The summed E-state index contributed by atoms with van der Waals surface area (Å²) in [5.74, 6) is -0.459. The lowest BCUT2D eigenvalue weighted by molar-refractivity contribution is 0.0926. The summed E-state index contributed by atoms with van der Waals surface area (Å²) in [5, 5.41) is 3.08. The van der Waals surface area contributed by atoms with E-state index in [9.17, 15) is 14.0 Å². The van der Waals surface area contributed by atoms with E-state index in [2.05, 4.69) is 10.2 Å². The first-order chi connectivity index (χ1) is 12.0. The van der Waals surface area contributed by atoms with Crippen LogP contribution in [-0.2, 0) is 0 Å². The smallest absolute Gasteiger partial charge is 0.251 e. The normalized spacial score (nSPS) is 20.4. The summed E-state index contributed by atoms with van der Waals surface area (Å²) in [6, 6.07) is 13.0. The highest BCUT2D eigenvalue weighted by molar-refractivity contribution is 5.97. The van der Waals surface area contributed by atoms with Crippen LogP contribution in [0.5, 0.6) is 0 Å². The van der Waals surface area contributed by atoms with E-state index in [1.807, 2.05) is 7.05 Å². The molecule has 0 aliphatic carbocycles. The Kier molecular flexibility index (Phi) is 4.95. The Balaban J connectivity index is 1.75. The SMILES string of the molecule is CC(=O)c1ccc(C(=O)N[C@@H]2CCN(C)[C@@H]2c2ccc(F)cc2)cc1. The van der Waals surface area contributed by atoms with Crippen molar-refractivity contribution < 1.29 is 14.0 Å². The first-order valence-electron chi connectivity index (χ1n) is 8.33. The molecule has 1 N–H and O–H groups in total. The van der Waals surface area contributed by atoms with Crippen molar-refractivity contribution in [3.8, 4) is 0 Å². The lowest BCUT2D eigenvalue weighted by Crippen LogP contribution is -2.39. The number of ketones is 1. The Hall–Kier alpha value is -2.53. The summed E-state index contributed by atoms with van der Waals surface area (Å²) in [7, 11) is 2.00. The molecule has 4 nitrogen and oxygen atoms in total. The molecule has 0 radical (unpaired) electrons. The van der Waals surface area contributed by atoms with Crippen LogP contribution in [0.3, 0.4) is 0 Å². The van der Waals surface area contributed by atoms with Crippen molar-refractivity contribution in [2.45, 2.75) is 25.4 Å². The fourth-order valence-corrected chi connectivity index (χ4v) is 3.35. The number of likely N-dealkylation sites (tertiary alicyclic amines) is 1. The van der Waals surface area contributed by atoms with E-state index in [0.29, 0.717) is 11.1 Å². The number of benzene rings is 2. The Labute approximate surface area is 146 Å². The van der Waals surface area contributed by atoms with E-state index < -0.39 is 0 Å². The predicted molar refractivity (Wildman–Crippen MR) is 94.1 cm³/mol. The molecule has 2 atom stereocenters. The number of rotatable bonds is 4. The van der Waals surface area contributed by atoms with Crippen LogP contribution in [0.2, 0.25) is 0 Å². The molecule has 1 fully saturated rings. The van der Waals surface area contributed by atoms with E-state index in [1.54, 1.807) is 36.4 Å². The van der Waals surface area contributed by atoms with Crippen LogP contribution in [0.15, 0.2) is 48.5 Å². The van der Waals surface area contributed by atoms with Crippen LogP contribution in [-0.4, -0.2) is 36.2 Å². The van der Waals surface area contributed by atoms with Crippen molar-refractivity contribution in [2.24, 2.45) is 0 Å². The maximum atomic E-state index is 13.2. The number of carbonyl (C=O) groups is 2. The second-order valence-electron chi connectivity index (χ2n) is 6.48. The van der Waals surface area contributed by atoms with Gasteiger partial charge in [-0.3, -0.25) is 14.5 Å². The quantitative estimate of drug-likeness (QED) is 0.870. The lowest BCUT2D eigenvalue weighted by atomic mass is 9.99. The fourth-order valence-electron chi connectivity index (χ4n) is 3.35. The molecule has 1 aliphatic rings. The van der Waals surface area contributed by atoms with Crippen LogP contribution in [0.25, 0.3) is 0 Å². The van der Waals surface area contributed by atoms with Gasteiger partial charge in [-0.1, -0.05) is 24.3 Å². The highest BCUT2D eigenvalue weighted by Gasteiger charge is 2.34. The zero-order chi connectivity index (χ0) is 18.0. The predicted octanol–water partition coefficient (Wildman–Crippen LogP) is 3.20. The molecule has 5 heteroatoms. The van der Waals surface area contributed by atoms with Gasteiger partial charge in [-0.05, 0) is 50.2 Å². The van der Waals surface area contributed by atoms with Crippen LogP contribution in [0.4, 0.5) is 4.39 Å². The second kappa shape index (κ2) is 7.15. The zero-order valence-electron chi connectivity index (χ0n) is 14.3. The molecule has 1 aliphatic heterocycles. The van der Waals surface area contributed by atoms with Gasteiger partial charge in [0.2, 0.25) is 0 Å². The molecule has 0 saturated carbocycles. The van der Waals surface area contributed by atoms with Crippen LogP contribution >= 0.6 is 0 Å². The van der Waals surface area contributed by atoms with Gasteiger partial charge in [-0.2, -0.15) is 0 Å². The molecule has 25 heavy (non-hydrogen) atoms. The van der Waals surface area contributed by atoms with E-state index in [4.69, 9.17) is 0 Å². The van der Waals surface area contributed by atoms with Gasteiger partial charge >= 0.3 is 0 Å². The number of halogens is 1. The minimum absolute atomic E-state index is 0.0149. The third-order valence-electron chi connectivity index (χ3n) is 4.73. The van der Waals surface area contributed by atoms with Crippen molar-refractivity contribution in [3.05, 3.63) is 71.0 Å². The summed E-state index contributed by atoms with van der Waals surface area (Å²) in [6.45, 7) is 2.35. The van der Waals surface area contributed by atoms with Crippen LogP contribution in [0.1, 0.15) is 45.7 Å². The molecule has 0 spiro atoms. The van der Waals surface area contributed by atoms with E-state index >= 15 is 0 Å². The maximum Gasteiger partial charge on any atom is 0.251 e. The Morgan fingerprint density at radius 3 is 2.24 bits per heavy atom. The van der Waals surface area contributed by atoms with E-state index in [-0.39, 0.29) is 29.6 Å². The minimum atomic E-state index is -0.268. The van der Waals surface area contributed by atoms with E-state index in [1.165, 1.54) is 19.1 Å². The molecule has 3 rings (SSSR count). The molecule has 1 amide bonds. The number of carbonyl (C=O) groups excluding carboxylic acids is 2. The zero-order valence-corrected chi connectivity index (χ0v) is 14.3. The van der Waals surface area contributed by atoms with Crippen molar-refractivity contribution in [2.75, 3.05) is 13.6 Å². The number of hydrogen-bond acceptors (Lipinski definition) is 3. The van der Waals surface area contributed by atoms with Gasteiger partial charge in [0.1, 0.15) is 5.82 Å². The van der Waals surface area contributed by atoms with Gasteiger partial charge in [-0.25, -0.2) is 4.39 Å². The molecule has 0 unspecified atom stereocenters. The highest BCUT2D eigenvalue weighted by Crippen LogP contribution is 2.31. The molecule has 2 aromatic carbocycles. The Morgan fingerprint density at radius 2 is 1.64 bits per heavy atom. The van der Waals surface area contributed by atoms with Gasteiger partial charge in [0.15, 0.2) is 5.78 Å². The Bertz CT molecular complexity index is 771. The van der Waals surface area contributed by atoms with Gasteiger partial charge in [0.25, 0.3) is 5.91 Å². The molecule has 0 bridgehead atoms. The first-order valence-corrected chi connectivity index (χ1v) is 8.33. The number of nitrogens with zero attached hydrogens (tertiary/aromatic N) is 1. The third kappa shape index (κ3) is 3.77. The molecule has 0 aromatic heterocycles. The Morgan fingerprint density at radius 1 is 1.04 bits per heavy atom. The first kappa shape index (κ1) is 17.3. The summed E-state index contributed by atoms with van der Waals surface area (Å²) in [6.07, 6.45) is 0.829. The van der Waals surface area contributed by atoms with Crippen molar-refractivity contribution in [1.29, 1.82) is 0 Å². The summed E-state index contributed by atoms with van der Waals surface area (Å²) in [4.78, 5) is 26.0. The van der Waals surface area contributed by atoms with Gasteiger partial charge in [0, 0.05) is 17.7 Å². The number of nitrogens with one attached hydrogen (secondary N) is 1. The molecule has 2 aromatic rings. The van der Waals surface area contributed by atoms with Crippen molar-refractivity contribution in [1.82, 2.24) is 10.2 Å². The number of likely N-dealkylation sites (N-methyl/N-ethyl adjacent to an activating group) is 1. The minimum Gasteiger partial charge on any atom is -0.347 e. The van der Waals surface area contributed by atoms with Gasteiger partial charge < -0.3 is 5.32 Å². The van der Waals surface area contributed by atoms with Crippen LogP contribution < -0.4 is 5.32 Å². The van der Waals surface area contributed by atoms with Crippen molar-refractivity contribution >= 4 is 11.7 Å². The average Bonchev–Trinajstić information content (AvgIpc) is 2.96. The molecule has 1 saturated heterocycles. The highest BCUT2D eigenvalue weighted by atomic mass is 19.1. The largest absolute Gasteiger partial charge is 0.347 e. The van der Waals surface area contributed by atoms with Crippen molar-refractivity contribution in [3.63, 3.8) is 0 Å². The summed E-state index contributed by atoms with van der Waals surface area (Å²) in [5.41, 5.74) is 2.09. The molecule has 130 valence electrons. The molecular formula is C20H21FN2O2. The van der Waals surface area contributed by atoms with Gasteiger partial charge in [-0.15, -0.1) is 0 Å². The van der Waals surface area contributed by atoms with E-state index in [0.717, 1.165) is 18.5 Å². The third-order valence-corrected chi connectivity index (χ3v) is 4.73. The summed E-state index contributed by atoms with van der Waals surface area (Å²) < 4.78 is 13.2. The second-order valence-corrected chi connectivity index (χ2v) is 6.48. The number of hydrogen-bond donors (Lipinski definition) is 1. The monoisotopic (exact) mass is 340 g/mol. The molecule has 1 heterocycles. The standard InChI is InChI=1S/C20H21FN2O2/c1-13(24)14-3-5-16(6-4-14)20(25)22-18-11-12-23(2)19(18)15-7-9-17(21)10-8-15/h3-10,18-19H,11-12H2,1-2H3,(H,22,25)/t18-,19-/m1/s1. The average molecular weight is 340 g/mol. The molecular weight excluding hydrogens is 319 g/mol. The maximum absolute atomic E-state index is 13.2. The lowest BCUT2D eigenvalue weighted by Gasteiger charge is -2.26. The number of amides is 1.